The average Bonchev–Trinajstić information content (AvgIpc) is 2.46. The Morgan fingerprint density at radius 3 is 3.10 bits per heavy atom. The summed E-state index contributed by atoms with van der Waals surface area (Å²) in [6, 6.07) is 7.25. The van der Waals surface area contributed by atoms with Gasteiger partial charge in [0.2, 0.25) is 0 Å². The summed E-state index contributed by atoms with van der Waals surface area (Å²) in [4.78, 5) is 19.1. The number of aromatic nitrogens is 2. The summed E-state index contributed by atoms with van der Waals surface area (Å²) in [6.45, 7) is 1.26. The van der Waals surface area contributed by atoms with Gasteiger partial charge in [-0.15, -0.1) is 11.8 Å². The van der Waals surface area contributed by atoms with Crippen LogP contribution in [-0.2, 0) is 5.75 Å². The molecule has 0 unspecified atom stereocenters. The summed E-state index contributed by atoms with van der Waals surface area (Å²) in [5.74, 6) is 1.15. The first-order valence-corrected chi connectivity index (χ1v) is 7.73. The molecule has 0 saturated carbocycles. The van der Waals surface area contributed by atoms with E-state index >= 15 is 0 Å². The first-order valence-electron chi connectivity index (χ1n) is 6.68. The molecule has 3 rings (SSSR count). The van der Waals surface area contributed by atoms with Gasteiger partial charge in [0.05, 0.1) is 16.7 Å². The summed E-state index contributed by atoms with van der Waals surface area (Å²) in [6.07, 6.45) is -0.0233. The maximum atomic E-state index is 13.7. The van der Waals surface area contributed by atoms with Gasteiger partial charge >= 0.3 is 0 Å². The lowest BCUT2D eigenvalue weighted by molar-refractivity contribution is 0.275. The van der Waals surface area contributed by atoms with Crippen molar-refractivity contribution in [3.8, 4) is 0 Å². The van der Waals surface area contributed by atoms with Crippen LogP contribution in [0.4, 0.5) is 4.39 Å². The van der Waals surface area contributed by atoms with Crippen LogP contribution in [0.25, 0.3) is 10.9 Å². The zero-order chi connectivity index (χ0) is 13.9. The SMILES string of the molecule is O=c1[nH]c(CS[C@@H]2CCNC[C@H]2F)nc2ccccc12. The number of nitrogens with zero attached hydrogens (tertiary/aromatic N) is 1. The van der Waals surface area contributed by atoms with Crippen molar-refractivity contribution < 1.29 is 4.39 Å². The van der Waals surface area contributed by atoms with Crippen LogP contribution < -0.4 is 10.9 Å². The van der Waals surface area contributed by atoms with E-state index in [1.54, 1.807) is 6.07 Å². The summed E-state index contributed by atoms with van der Waals surface area (Å²) in [5.41, 5.74) is 0.558. The molecule has 0 spiro atoms. The third kappa shape index (κ3) is 2.86. The maximum absolute atomic E-state index is 13.7. The van der Waals surface area contributed by atoms with Gasteiger partial charge in [-0.1, -0.05) is 12.1 Å². The fraction of sp³-hybridized carbons (Fsp3) is 0.429. The van der Waals surface area contributed by atoms with Gasteiger partial charge in [-0.25, -0.2) is 9.37 Å². The molecule has 1 saturated heterocycles. The quantitative estimate of drug-likeness (QED) is 0.907. The van der Waals surface area contributed by atoms with Crippen LogP contribution in [0.15, 0.2) is 29.1 Å². The van der Waals surface area contributed by atoms with Gasteiger partial charge in [0.25, 0.3) is 5.56 Å². The van der Waals surface area contributed by atoms with Gasteiger partial charge in [-0.3, -0.25) is 4.79 Å². The molecule has 2 N–H and O–H groups in total. The van der Waals surface area contributed by atoms with Crippen LogP contribution in [0.1, 0.15) is 12.2 Å². The van der Waals surface area contributed by atoms with E-state index in [1.807, 2.05) is 18.2 Å². The largest absolute Gasteiger partial charge is 0.314 e. The monoisotopic (exact) mass is 293 g/mol. The molecule has 1 aromatic heterocycles. The van der Waals surface area contributed by atoms with Gasteiger partial charge in [0.1, 0.15) is 12.0 Å². The Kier molecular flexibility index (Phi) is 4.03. The van der Waals surface area contributed by atoms with Crippen molar-refractivity contribution in [2.24, 2.45) is 0 Å². The topological polar surface area (TPSA) is 57.8 Å². The first kappa shape index (κ1) is 13.6. The van der Waals surface area contributed by atoms with Crippen LogP contribution in [0.3, 0.4) is 0 Å². The Labute approximate surface area is 120 Å². The van der Waals surface area contributed by atoms with E-state index in [-0.39, 0.29) is 10.8 Å². The number of hydrogen-bond donors (Lipinski definition) is 2. The minimum atomic E-state index is -0.832. The number of para-hydroxylation sites is 1. The molecule has 0 bridgehead atoms. The van der Waals surface area contributed by atoms with Gasteiger partial charge in [-0.2, -0.15) is 0 Å². The van der Waals surface area contributed by atoms with E-state index in [0.29, 0.717) is 29.0 Å². The van der Waals surface area contributed by atoms with Gasteiger partial charge in [0, 0.05) is 11.8 Å². The molecule has 2 atom stereocenters. The Bertz CT molecular complexity index is 660. The molecular weight excluding hydrogens is 277 g/mol. The van der Waals surface area contributed by atoms with Crippen molar-refractivity contribution in [3.05, 3.63) is 40.4 Å². The molecule has 20 heavy (non-hydrogen) atoms. The predicted molar refractivity (Wildman–Crippen MR) is 79.8 cm³/mol. The van der Waals surface area contributed by atoms with Crippen molar-refractivity contribution in [2.45, 2.75) is 23.6 Å². The highest BCUT2D eigenvalue weighted by Crippen LogP contribution is 2.25. The van der Waals surface area contributed by atoms with Crippen LogP contribution >= 0.6 is 11.8 Å². The second-order valence-corrected chi connectivity index (χ2v) is 6.12. The number of aromatic amines is 1. The lowest BCUT2D eigenvalue weighted by atomic mass is 10.1. The highest BCUT2D eigenvalue weighted by atomic mass is 32.2. The highest BCUT2D eigenvalue weighted by Gasteiger charge is 2.24. The fourth-order valence-corrected chi connectivity index (χ4v) is 3.47. The second-order valence-electron chi connectivity index (χ2n) is 4.89. The number of H-pyrrole nitrogens is 1. The summed E-state index contributed by atoms with van der Waals surface area (Å²) < 4.78 is 13.7. The third-order valence-electron chi connectivity index (χ3n) is 3.44. The Morgan fingerprint density at radius 2 is 2.25 bits per heavy atom. The summed E-state index contributed by atoms with van der Waals surface area (Å²) >= 11 is 1.53. The standard InChI is InChI=1S/C14H16FN3OS/c15-10-7-16-6-5-12(10)20-8-13-17-11-4-2-1-3-9(11)14(19)18-13/h1-4,10,12,16H,5-8H2,(H,17,18,19)/t10-,12-/m1/s1. The van der Waals surface area contributed by atoms with Crippen LogP contribution in [0, 0.1) is 0 Å². The summed E-state index contributed by atoms with van der Waals surface area (Å²) in [5, 5.41) is 3.60. The number of nitrogens with one attached hydrogen (secondary N) is 2. The molecule has 0 radical (unpaired) electrons. The molecule has 0 amide bonds. The molecule has 0 aliphatic carbocycles. The molecule has 1 aromatic carbocycles. The molecule has 2 aromatic rings. The van der Waals surface area contributed by atoms with Gasteiger partial charge < -0.3 is 10.3 Å². The molecule has 4 nitrogen and oxygen atoms in total. The smallest absolute Gasteiger partial charge is 0.258 e. The number of fused-ring (bicyclic) bond motifs is 1. The minimum absolute atomic E-state index is 0.0203. The van der Waals surface area contributed by atoms with E-state index in [0.717, 1.165) is 13.0 Å². The number of alkyl halides is 1. The number of rotatable bonds is 3. The van der Waals surface area contributed by atoms with Crippen molar-refractivity contribution in [1.29, 1.82) is 0 Å². The Balaban J connectivity index is 1.76. The number of halogens is 1. The van der Waals surface area contributed by atoms with E-state index in [2.05, 4.69) is 15.3 Å². The molecular formula is C14H16FN3OS. The predicted octanol–water partition coefficient (Wildman–Crippen LogP) is 1.86. The fourth-order valence-electron chi connectivity index (χ4n) is 2.37. The zero-order valence-electron chi connectivity index (χ0n) is 10.9. The molecule has 1 fully saturated rings. The number of hydrogen-bond acceptors (Lipinski definition) is 4. The lowest BCUT2D eigenvalue weighted by Gasteiger charge is -2.25. The van der Waals surface area contributed by atoms with Gasteiger partial charge in [0.15, 0.2) is 0 Å². The molecule has 106 valence electrons. The van der Waals surface area contributed by atoms with E-state index < -0.39 is 6.17 Å². The molecule has 1 aliphatic heterocycles. The minimum Gasteiger partial charge on any atom is -0.314 e. The van der Waals surface area contributed by atoms with Crippen molar-refractivity contribution in [1.82, 2.24) is 15.3 Å². The average molecular weight is 293 g/mol. The number of benzene rings is 1. The highest BCUT2D eigenvalue weighted by molar-refractivity contribution is 7.99. The van der Waals surface area contributed by atoms with Crippen LogP contribution in [0.5, 0.6) is 0 Å². The van der Waals surface area contributed by atoms with E-state index in [4.69, 9.17) is 0 Å². The van der Waals surface area contributed by atoms with Crippen molar-refractivity contribution in [3.63, 3.8) is 0 Å². The van der Waals surface area contributed by atoms with Gasteiger partial charge in [-0.05, 0) is 25.1 Å². The Hall–Kier alpha value is -1.40. The summed E-state index contributed by atoms with van der Waals surface area (Å²) in [7, 11) is 0. The van der Waals surface area contributed by atoms with Crippen LogP contribution in [0.2, 0.25) is 0 Å². The number of thioether (sulfide) groups is 1. The maximum Gasteiger partial charge on any atom is 0.258 e. The molecule has 1 aliphatic rings. The first-order chi connectivity index (χ1) is 9.74. The van der Waals surface area contributed by atoms with E-state index in [1.165, 1.54) is 11.8 Å². The van der Waals surface area contributed by atoms with Crippen molar-refractivity contribution >= 4 is 22.7 Å². The molecule has 6 heteroatoms. The normalized spacial score (nSPS) is 23.1. The molecule has 2 heterocycles. The van der Waals surface area contributed by atoms with E-state index in [9.17, 15) is 9.18 Å². The van der Waals surface area contributed by atoms with Crippen LogP contribution in [-0.4, -0.2) is 34.5 Å². The van der Waals surface area contributed by atoms with Crippen molar-refractivity contribution in [2.75, 3.05) is 13.1 Å². The lowest BCUT2D eigenvalue weighted by Crippen LogP contribution is -2.39. The second kappa shape index (κ2) is 5.93. The third-order valence-corrected chi connectivity index (χ3v) is 4.84. The Morgan fingerprint density at radius 1 is 1.40 bits per heavy atom. The zero-order valence-corrected chi connectivity index (χ0v) is 11.8. The number of piperidine rings is 1.